The zero-order valence-electron chi connectivity index (χ0n) is 10.1. The van der Waals surface area contributed by atoms with E-state index in [-0.39, 0.29) is 24.6 Å². The monoisotopic (exact) mass is 258 g/mol. The third-order valence-corrected chi connectivity index (χ3v) is 2.97. The van der Waals surface area contributed by atoms with Gasteiger partial charge in [0.15, 0.2) is 17.3 Å². The van der Waals surface area contributed by atoms with Crippen LogP contribution in [0.1, 0.15) is 15.9 Å². The topological polar surface area (TPSA) is 35.5 Å². The molecule has 19 heavy (non-hydrogen) atoms. The van der Waals surface area contributed by atoms with Gasteiger partial charge in [-0.3, -0.25) is 4.79 Å². The molecule has 96 valence electrons. The molecule has 0 fully saturated rings. The van der Waals surface area contributed by atoms with E-state index in [0.29, 0.717) is 11.5 Å². The highest BCUT2D eigenvalue weighted by atomic mass is 19.1. The van der Waals surface area contributed by atoms with E-state index in [9.17, 15) is 9.18 Å². The second kappa shape index (κ2) is 4.72. The average molecular weight is 258 g/mol. The molecule has 0 radical (unpaired) electrons. The van der Waals surface area contributed by atoms with Crippen molar-refractivity contribution in [2.24, 2.45) is 0 Å². The predicted octanol–water partition coefficient (Wildman–Crippen LogP) is 2.98. The van der Waals surface area contributed by atoms with Crippen LogP contribution >= 0.6 is 0 Å². The van der Waals surface area contributed by atoms with Crippen molar-refractivity contribution in [3.8, 4) is 11.5 Å². The maximum Gasteiger partial charge on any atom is 0.231 e. The predicted molar refractivity (Wildman–Crippen MR) is 67.0 cm³/mol. The number of Topliss-reactive ketones (excluding diaryl/α,β-unsaturated/α-hetero) is 1. The van der Waals surface area contributed by atoms with Crippen molar-refractivity contribution in [2.75, 3.05) is 6.79 Å². The highest BCUT2D eigenvalue weighted by molar-refractivity contribution is 5.98. The summed E-state index contributed by atoms with van der Waals surface area (Å²) in [6, 6.07) is 11.8. The number of hydrogen-bond acceptors (Lipinski definition) is 3. The number of halogens is 1. The van der Waals surface area contributed by atoms with E-state index >= 15 is 0 Å². The molecule has 0 bridgehead atoms. The zero-order valence-corrected chi connectivity index (χ0v) is 10.1. The highest BCUT2D eigenvalue weighted by Gasteiger charge is 2.21. The minimum Gasteiger partial charge on any atom is -0.454 e. The van der Waals surface area contributed by atoms with Gasteiger partial charge in [0.1, 0.15) is 5.82 Å². The summed E-state index contributed by atoms with van der Waals surface area (Å²) in [6.45, 7) is 0.0606. The molecule has 0 aromatic heterocycles. The molecule has 2 aromatic carbocycles. The second-order valence-corrected chi connectivity index (χ2v) is 4.27. The van der Waals surface area contributed by atoms with E-state index in [1.807, 2.05) is 30.3 Å². The lowest BCUT2D eigenvalue weighted by Gasteiger charge is -2.04. The van der Waals surface area contributed by atoms with Crippen molar-refractivity contribution in [3.05, 3.63) is 59.4 Å². The Labute approximate surface area is 109 Å². The van der Waals surface area contributed by atoms with E-state index in [4.69, 9.17) is 9.47 Å². The fourth-order valence-electron chi connectivity index (χ4n) is 2.01. The van der Waals surface area contributed by atoms with Crippen LogP contribution in [0.25, 0.3) is 0 Å². The molecule has 4 heteroatoms. The molecule has 0 unspecified atom stereocenters. The molecule has 0 spiro atoms. The number of ether oxygens (including phenoxy) is 2. The van der Waals surface area contributed by atoms with Gasteiger partial charge in [-0.2, -0.15) is 0 Å². The summed E-state index contributed by atoms with van der Waals surface area (Å²) in [7, 11) is 0. The van der Waals surface area contributed by atoms with Gasteiger partial charge < -0.3 is 9.47 Å². The van der Waals surface area contributed by atoms with E-state index < -0.39 is 5.82 Å². The van der Waals surface area contributed by atoms with Crippen LogP contribution in [0.15, 0.2) is 42.5 Å². The molecular formula is C15H11FO3. The Morgan fingerprint density at radius 1 is 1.11 bits per heavy atom. The van der Waals surface area contributed by atoms with Gasteiger partial charge >= 0.3 is 0 Å². The Hall–Kier alpha value is -2.36. The van der Waals surface area contributed by atoms with Crippen molar-refractivity contribution >= 4 is 5.78 Å². The summed E-state index contributed by atoms with van der Waals surface area (Å²) in [5.41, 5.74) is 0.887. The van der Waals surface area contributed by atoms with E-state index in [0.717, 1.165) is 5.56 Å². The lowest BCUT2D eigenvalue weighted by atomic mass is 10.0. The minimum atomic E-state index is -0.579. The van der Waals surface area contributed by atoms with E-state index in [2.05, 4.69) is 0 Å². The number of hydrogen-bond donors (Lipinski definition) is 0. The summed E-state index contributed by atoms with van der Waals surface area (Å²) in [6.07, 6.45) is 0.164. The number of carbonyl (C=O) groups is 1. The summed E-state index contributed by atoms with van der Waals surface area (Å²) in [4.78, 5) is 12.1. The Balaban J connectivity index is 1.88. The van der Waals surface area contributed by atoms with E-state index in [1.54, 1.807) is 0 Å². The Kier molecular flexibility index (Phi) is 2.91. The molecule has 0 saturated carbocycles. The molecule has 1 aliphatic rings. The molecule has 2 aromatic rings. The highest BCUT2D eigenvalue weighted by Crippen LogP contribution is 2.34. The molecule has 3 rings (SSSR count). The third-order valence-electron chi connectivity index (χ3n) is 2.97. The lowest BCUT2D eigenvalue weighted by molar-refractivity contribution is 0.0988. The Morgan fingerprint density at radius 3 is 2.53 bits per heavy atom. The van der Waals surface area contributed by atoms with Gasteiger partial charge in [-0.25, -0.2) is 4.39 Å². The molecule has 0 aliphatic carbocycles. The maximum absolute atomic E-state index is 13.8. The van der Waals surface area contributed by atoms with Gasteiger partial charge in [0.2, 0.25) is 6.79 Å². The molecule has 3 nitrogen and oxygen atoms in total. The number of benzene rings is 2. The van der Waals surface area contributed by atoms with Crippen LogP contribution in [-0.4, -0.2) is 12.6 Å². The van der Waals surface area contributed by atoms with Crippen LogP contribution in [0.5, 0.6) is 11.5 Å². The van der Waals surface area contributed by atoms with Crippen molar-refractivity contribution in [3.63, 3.8) is 0 Å². The Morgan fingerprint density at radius 2 is 1.79 bits per heavy atom. The van der Waals surface area contributed by atoms with Crippen LogP contribution in [0.2, 0.25) is 0 Å². The SMILES string of the molecule is O=C(Cc1ccccc1)c1cc2c(cc1F)OCO2. The molecule has 0 saturated heterocycles. The first-order chi connectivity index (χ1) is 9.24. The van der Waals surface area contributed by atoms with Crippen LogP contribution < -0.4 is 9.47 Å². The smallest absolute Gasteiger partial charge is 0.231 e. The van der Waals surface area contributed by atoms with Gasteiger partial charge in [0, 0.05) is 12.5 Å². The molecule has 0 atom stereocenters. The average Bonchev–Trinajstić information content (AvgIpc) is 2.86. The first-order valence-electron chi connectivity index (χ1n) is 5.90. The van der Waals surface area contributed by atoms with Gasteiger partial charge in [0.05, 0.1) is 5.56 Å². The number of ketones is 1. The van der Waals surface area contributed by atoms with Crippen molar-refractivity contribution < 1.29 is 18.7 Å². The van der Waals surface area contributed by atoms with Crippen molar-refractivity contribution in [2.45, 2.75) is 6.42 Å². The van der Waals surface area contributed by atoms with Gasteiger partial charge in [0.25, 0.3) is 0 Å². The Bertz CT molecular complexity index is 623. The summed E-state index contributed by atoms with van der Waals surface area (Å²) >= 11 is 0. The normalized spacial score (nSPS) is 12.5. The molecule has 1 heterocycles. The minimum absolute atomic E-state index is 0.0353. The quantitative estimate of drug-likeness (QED) is 0.794. The first kappa shape index (κ1) is 11.7. The van der Waals surface area contributed by atoms with E-state index in [1.165, 1.54) is 12.1 Å². The number of rotatable bonds is 3. The fourth-order valence-corrected chi connectivity index (χ4v) is 2.01. The van der Waals surface area contributed by atoms with Crippen LogP contribution in [-0.2, 0) is 6.42 Å². The number of carbonyl (C=O) groups excluding carboxylic acids is 1. The molecule has 0 amide bonds. The van der Waals surface area contributed by atoms with Gasteiger partial charge in [-0.1, -0.05) is 30.3 Å². The summed E-state index contributed by atoms with van der Waals surface area (Å²) in [5, 5.41) is 0. The van der Waals surface area contributed by atoms with Crippen LogP contribution in [0.3, 0.4) is 0 Å². The maximum atomic E-state index is 13.8. The largest absolute Gasteiger partial charge is 0.454 e. The van der Waals surface area contributed by atoms with Gasteiger partial charge in [-0.05, 0) is 11.6 Å². The molecule has 0 N–H and O–H groups in total. The molecule has 1 aliphatic heterocycles. The lowest BCUT2D eigenvalue weighted by Crippen LogP contribution is -2.06. The zero-order chi connectivity index (χ0) is 13.2. The van der Waals surface area contributed by atoms with Crippen LogP contribution in [0, 0.1) is 5.82 Å². The van der Waals surface area contributed by atoms with Crippen molar-refractivity contribution in [1.82, 2.24) is 0 Å². The molecular weight excluding hydrogens is 247 g/mol. The first-order valence-corrected chi connectivity index (χ1v) is 5.90. The summed E-state index contributed by atoms with van der Waals surface area (Å²) < 4.78 is 24.1. The van der Waals surface area contributed by atoms with Crippen molar-refractivity contribution in [1.29, 1.82) is 0 Å². The summed E-state index contributed by atoms with van der Waals surface area (Å²) in [5.74, 6) is -0.0984. The third kappa shape index (κ3) is 2.29. The second-order valence-electron chi connectivity index (χ2n) is 4.27. The number of fused-ring (bicyclic) bond motifs is 1. The van der Waals surface area contributed by atoms with Crippen LogP contribution in [0.4, 0.5) is 4.39 Å². The van der Waals surface area contributed by atoms with Gasteiger partial charge in [-0.15, -0.1) is 0 Å². The standard InChI is InChI=1S/C15H11FO3/c16-12-8-15-14(18-9-19-15)7-11(12)13(17)6-10-4-2-1-3-5-10/h1-5,7-8H,6,9H2. The fraction of sp³-hybridized carbons (Fsp3) is 0.133.